The molecule has 1 unspecified atom stereocenters. The smallest absolute Gasteiger partial charge is 0.203 e. The molecule has 2 heterocycles. The van der Waals surface area contributed by atoms with Gasteiger partial charge in [-0.1, -0.05) is 42.0 Å². The normalized spacial score (nSPS) is 12.5. The van der Waals surface area contributed by atoms with Gasteiger partial charge in [-0.15, -0.1) is 0 Å². The van der Waals surface area contributed by atoms with Gasteiger partial charge in [-0.2, -0.15) is 11.3 Å². The molecule has 0 aliphatic heterocycles. The van der Waals surface area contributed by atoms with Gasteiger partial charge in [0.05, 0.1) is 30.2 Å². The van der Waals surface area contributed by atoms with Crippen molar-refractivity contribution in [3.63, 3.8) is 0 Å². The molecule has 4 nitrogen and oxygen atoms in total. The van der Waals surface area contributed by atoms with Gasteiger partial charge in [0, 0.05) is 7.11 Å². The molecule has 0 spiro atoms. The molecule has 0 aliphatic rings. The van der Waals surface area contributed by atoms with Crippen molar-refractivity contribution >= 4 is 22.4 Å². The second kappa shape index (κ2) is 8.17. The van der Waals surface area contributed by atoms with Crippen LogP contribution in [0.25, 0.3) is 11.0 Å². The van der Waals surface area contributed by atoms with Crippen molar-refractivity contribution < 1.29 is 4.74 Å². The van der Waals surface area contributed by atoms with Crippen LogP contribution in [0, 0.1) is 12.3 Å². The number of para-hydroxylation sites is 2. The Balaban J connectivity index is 1.79. The quantitative estimate of drug-likeness (QED) is 0.484. The Bertz CT molecular complexity index is 1110. The Morgan fingerprint density at radius 1 is 1.00 bits per heavy atom. The van der Waals surface area contributed by atoms with Crippen LogP contribution in [0.2, 0.25) is 0 Å². The van der Waals surface area contributed by atoms with Gasteiger partial charge >= 0.3 is 0 Å². The molecule has 4 aromatic rings. The summed E-state index contributed by atoms with van der Waals surface area (Å²) in [6.45, 7) is 3.38. The van der Waals surface area contributed by atoms with Crippen molar-refractivity contribution in [1.29, 1.82) is 5.41 Å². The summed E-state index contributed by atoms with van der Waals surface area (Å²) in [5, 5.41) is 13.2. The summed E-state index contributed by atoms with van der Waals surface area (Å²) in [6.07, 6.45) is 0.830. The Hall–Kier alpha value is -2.63. The number of hydrogen-bond donors (Lipinski definition) is 1. The lowest BCUT2D eigenvalue weighted by atomic mass is 10.0. The second-order valence-electron chi connectivity index (χ2n) is 7.20. The average Bonchev–Trinajstić information content (AvgIpc) is 3.31. The minimum atomic E-state index is 0.0637. The number of imidazole rings is 1. The van der Waals surface area contributed by atoms with E-state index >= 15 is 0 Å². The summed E-state index contributed by atoms with van der Waals surface area (Å²) in [6, 6.07) is 19.1. The first-order valence-corrected chi connectivity index (χ1v) is 10.4. The zero-order valence-corrected chi connectivity index (χ0v) is 17.1. The Morgan fingerprint density at radius 3 is 2.43 bits per heavy atom. The zero-order valence-electron chi connectivity index (χ0n) is 16.3. The van der Waals surface area contributed by atoms with Crippen molar-refractivity contribution in [1.82, 2.24) is 9.13 Å². The number of hydrogen-bond acceptors (Lipinski definition) is 3. The first kappa shape index (κ1) is 18.7. The van der Waals surface area contributed by atoms with Crippen LogP contribution >= 0.6 is 11.3 Å². The van der Waals surface area contributed by atoms with E-state index in [9.17, 15) is 0 Å². The van der Waals surface area contributed by atoms with Crippen LogP contribution in [-0.4, -0.2) is 22.9 Å². The average molecular weight is 392 g/mol. The molecule has 0 bridgehead atoms. The monoisotopic (exact) mass is 391 g/mol. The highest BCUT2D eigenvalue weighted by molar-refractivity contribution is 7.07. The fourth-order valence-electron chi connectivity index (χ4n) is 3.76. The highest BCUT2D eigenvalue weighted by Gasteiger charge is 2.19. The maximum atomic E-state index is 8.96. The van der Waals surface area contributed by atoms with Crippen LogP contribution in [0.3, 0.4) is 0 Å². The number of rotatable bonds is 7. The van der Waals surface area contributed by atoms with Gasteiger partial charge < -0.3 is 13.9 Å². The molecule has 2 aromatic carbocycles. The van der Waals surface area contributed by atoms with E-state index in [1.807, 2.05) is 12.1 Å². The number of nitrogens with one attached hydrogen (secondary N) is 1. The SMILES string of the molecule is COCC(Cc1ccc(C)cc1)n1c(=N)n(Cc2ccsc2)c2ccccc21. The predicted octanol–water partition coefficient (Wildman–Crippen LogP) is 4.77. The third-order valence-electron chi connectivity index (χ3n) is 5.15. The van der Waals surface area contributed by atoms with E-state index in [1.165, 1.54) is 16.7 Å². The molecule has 1 atom stereocenters. The van der Waals surface area contributed by atoms with Crippen molar-refractivity contribution in [2.75, 3.05) is 13.7 Å². The lowest BCUT2D eigenvalue weighted by Gasteiger charge is -2.19. The first-order chi connectivity index (χ1) is 13.7. The molecular weight excluding hydrogens is 366 g/mol. The summed E-state index contributed by atoms with van der Waals surface area (Å²) in [5.74, 6) is 0. The van der Waals surface area contributed by atoms with Crippen LogP contribution in [0.5, 0.6) is 0 Å². The number of aromatic nitrogens is 2. The van der Waals surface area contributed by atoms with E-state index in [0.29, 0.717) is 18.8 Å². The zero-order chi connectivity index (χ0) is 19.5. The third-order valence-corrected chi connectivity index (χ3v) is 5.88. The maximum Gasteiger partial charge on any atom is 0.203 e. The molecule has 2 aromatic heterocycles. The number of benzene rings is 2. The molecule has 0 aliphatic carbocycles. The van der Waals surface area contributed by atoms with Gasteiger partial charge in [0.2, 0.25) is 5.62 Å². The molecule has 144 valence electrons. The van der Waals surface area contributed by atoms with Crippen molar-refractivity contribution in [3.8, 4) is 0 Å². The fourth-order valence-corrected chi connectivity index (χ4v) is 4.42. The molecule has 5 heteroatoms. The van der Waals surface area contributed by atoms with E-state index in [-0.39, 0.29) is 6.04 Å². The number of aryl methyl sites for hydroxylation is 1. The van der Waals surface area contributed by atoms with Crippen molar-refractivity contribution in [3.05, 3.63) is 87.7 Å². The van der Waals surface area contributed by atoms with E-state index in [4.69, 9.17) is 10.1 Å². The number of thiophene rings is 1. The lowest BCUT2D eigenvalue weighted by Crippen LogP contribution is -2.31. The summed E-state index contributed by atoms with van der Waals surface area (Å²) in [5.41, 5.74) is 6.43. The van der Waals surface area contributed by atoms with E-state index in [2.05, 4.69) is 69.3 Å². The summed E-state index contributed by atoms with van der Waals surface area (Å²) in [7, 11) is 1.73. The Labute approximate surface area is 169 Å². The van der Waals surface area contributed by atoms with Gasteiger partial charge in [0.25, 0.3) is 0 Å². The van der Waals surface area contributed by atoms with Gasteiger partial charge in [-0.3, -0.25) is 5.41 Å². The van der Waals surface area contributed by atoms with Crippen molar-refractivity contribution in [2.24, 2.45) is 0 Å². The Kier molecular flexibility index (Phi) is 5.46. The highest BCUT2D eigenvalue weighted by Crippen LogP contribution is 2.22. The molecular formula is C23H25N3OS. The highest BCUT2D eigenvalue weighted by atomic mass is 32.1. The summed E-state index contributed by atoms with van der Waals surface area (Å²) in [4.78, 5) is 0. The Morgan fingerprint density at radius 2 is 1.75 bits per heavy atom. The number of ether oxygens (including phenoxy) is 1. The van der Waals surface area contributed by atoms with Crippen LogP contribution in [0.15, 0.2) is 65.4 Å². The fraction of sp³-hybridized carbons (Fsp3) is 0.261. The molecule has 1 N–H and O–H groups in total. The molecule has 4 rings (SSSR count). The van der Waals surface area contributed by atoms with Gasteiger partial charge in [0.15, 0.2) is 0 Å². The largest absolute Gasteiger partial charge is 0.383 e. The lowest BCUT2D eigenvalue weighted by molar-refractivity contribution is 0.154. The second-order valence-corrected chi connectivity index (χ2v) is 7.98. The minimum absolute atomic E-state index is 0.0637. The number of fused-ring (bicyclic) bond motifs is 1. The molecule has 0 fully saturated rings. The van der Waals surface area contributed by atoms with Gasteiger partial charge in [-0.05, 0) is 53.4 Å². The molecule has 0 amide bonds. The minimum Gasteiger partial charge on any atom is -0.383 e. The molecule has 0 saturated carbocycles. The van der Waals surface area contributed by atoms with Gasteiger partial charge in [-0.25, -0.2) is 0 Å². The molecule has 28 heavy (non-hydrogen) atoms. The van der Waals surface area contributed by atoms with Crippen LogP contribution in [-0.2, 0) is 17.7 Å². The summed E-state index contributed by atoms with van der Waals surface area (Å²) >= 11 is 1.69. The van der Waals surface area contributed by atoms with Crippen LogP contribution < -0.4 is 5.62 Å². The molecule has 0 saturated heterocycles. The van der Waals surface area contributed by atoms with Crippen LogP contribution in [0.1, 0.15) is 22.7 Å². The third kappa shape index (κ3) is 3.68. The van der Waals surface area contributed by atoms with Crippen molar-refractivity contribution in [2.45, 2.75) is 25.9 Å². The van der Waals surface area contributed by atoms with E-state index < -0.39 is 0 Å². The van der Waals surface area contributed by atoms with E-state index in [1.54, 1.807) is 18.4 Å². The first-order valence-electron chi connectivity index (χ1n) is 9.47. The van der Waals surface area contributed by atoms with Crippen LogP contribution in [0.4, 0.5) is 0 Å². The van der Waals surface area contributed by atoms with E-state index in [0.717, 1.165) is 17.5 Å². The number of nitrogens with zero attached hydrogens (tertiary/aromatic N) is 2. The standard InChI is InChI=1S/C23H25N3OS/c1-17-7-9-18(10-8-17)13-20(15-27-2)26-22-6-4-3-5-21(22)25(23(26)24)14-19-11-12-28-16-19/h3-12,16,20,24H,13-15H2,1-2H3. The topological polar surface area (TPSA) is 42.9 Å². The van der Waals surface area contributed by atoms with Gasteiger partial charge in [0.1, 0.15) is 0 Å². The summed E-state index contributed by atoms with van der Waals surface area (Å²) < 4.78 is 9.78. The number of methoxy groups -OCH3 is 1. The molecule has 0 radical (unpaired) electrons. The predicted molar refractivity (Wildman–Crippen MR) is 115 cm³/mol. The maximum absolute atomic E-state index is 8.96.